The average molecular weight is 402 g/mol. The van der Waals surface area contributed by atoms with Crippen LogP contribution in [0.15, 0.2) is 71.6 Å². The van der Waals surface area contributed by atoms with Crippen LogP contribution in [0.1, 0.15) is 6.42 Å². The van der Waals surface area contributed by atoms with E-state index in [1.165, 1.54) is 4.31 Å². The summed E-state index contributed by atoms with van der Waals surface area (Å²) in [6.07, 6.45) is 0.596. The van der Waals surface area contributed by atoms with E-state index in [0.717, 1.165) is 10.8 Å². The second-order valence-electron chi connectivity index (χ2n) is 6.40. The zero-order valence-corrected chi connectivity index (χ0v) is 16.0. The van der Waals surface area contributed by atoms with E-state index in [1.54, 1.807) is 42.5 Å². The molecule has 6 nitrogen and oxygen atoms in total. The lowest BCUT2D eigenvalue weighted by molar-refractivity contribution is 0.598. The van der Waals surface area contributed by atoms with E-state index < -0.39 is 20.0 Å². The lowest BCUT2D eigenvalue weighted by atomic mass is 10.1. The highest BCUT2D eigenvalue weighted by atomic mass is 32.2. The average Bonchev–Trinajstić information content (AvgIpc) is 3.01. The van der Waals surface area contributed by atoms with Gasteiger partial charge in [-0.15, -0.1) is 0 Å². The Labute approximate surface area is 158 Å². The number of sulfonamides is 2. The summed E-state index contributed by atoms with van der Waals surface area (Å²) in [5, 5.41) is 1.81. The van der Waals surface area contributed by atoms with Crippen LogP contribution in [-0.2, 0) is 20.0 Å². The molecule has 0 amide bonds. The maximum absolute atomic E-state index is 12.7. The summed E-state index contributed by atoms with van der Waals surface area (Å²) in [5.41, 5.74) is 0.921. The number of hydrogen-bond donors (Lipinski definition) is 1. The molecule has 1 N–H and O–H groups in total. The third-order valence-corrected chi connectivity index (χ3v) is 7.79. The van der Waals surface area contributed by atoms with Crippen molar-refractivity contribution >= 4 is 42.2 Å². The molecule has 1 heterocycles. The van der Waals surface area contributed by atoms with Gasteiger partial charge in [0.25, 0.3) is 10.0 Å². The van der Waals surface area contributed by atoms with Crippen molar-refractivity contribution in [3.05, 3.63) is 66.7 Å². The van der Waals surface area contributed by atoms with Crippen LogP contribution >= 0.6 is 0 Å². The topological polar surface area (TPSA) is 83.6 Å². The quantitative estimate of drug-likeness (QED) is 0.726. The molecule has 1 aliphatic heterocycles. The van der Waals surface area contributed by atoms with Crippen molar-refractivity contribution in [3.8, 4) is 0 Å². The van der Waals surface area contributed by atoms with Crippen LogP contribution in [0.4, 0.5) is 11.4 Å². The van der Waals surface area contributed by atoms with Gasteiger partial charge in [0.1, 0.15) is 0 Å². The first-order chi connectivity index (χ1) is 12.9. The number of nitrogens with zero attached hydrogens (tertiary/aromatic N) is 1. The van der Waals surface area contributed by atoms with Crippen LogP contribution in [0.3, 0.4) is 0 Å². The first-order valence-electron chi connectivity index (χ1n) is 8.47. The van der Waals surface area contributed by atoms with E-state index in [2.05, 4.69) is 4.72 Å². The van der Waals surface area contributed by atoms with Gasteiger partial charge in [0, 0.05) is 12.2 Å². The number of anilines is 2. The number of rotatable bonds is 4. The zero-order valence-electron chi connectivity index (χ0n) is 14.4. The van der Waals surface area contributed by atoms with E-state index in [9.17, 15) is 16.8 Å². The fourth-order valence-electron chi connectivity index (χ4n) is 3.17. The summed E-state index contributed by atoms with van der Waals surface area (Å²) >= 11 is 0. The smallest absolute Gasteiger partial charge is 0.261 e. The maximum atomic E-state index is 12.7. The maximum Gasteiger partial charge on any atom is 0.261 e. The van der Waals surface area contributed by atoms with E-state index >= 15 is 0 Å². The van der Waals surface area contributed by atoms with Crippen molar-refractivity contribution in [2.24, 2.45) is 0 Å². The first-order valence-corrected chi connectivity index (χ1v) is 11.6. The molecule has 1 saturated heterocycles. The summed E-state index contributed by atoms with van der Waals surface area (Å²) in [5.74, 6) is 0.142. The van der Waals surface area contributed by atoms with Gasteiger partial charge in [-0.25, -0.2) is 16.8 Å². The van der Waals surface area contributed by atoms with Gasteiger partial charge in [-0.05, 0) is 53.6 Å². The van der Waals surface area contributed by atoms with E-state index in [-0.39, 0.29) is 10.6 Å². The normalized spacial score (nSPS) is 16.5. The SMILES string of the molecule is O=S(=O)(Nc1ccc(N2CCCS2(=O)=O)cc1)c1ccc2ccccc2c1. The molecule has 0 bridgehead atoms. The highest BCUT2D eigenvalue weighted by Crippen LogP contribution is 2.27. The van der Waals surface area contributed by atoms with E-state index in [0.29, 0.717) is 24.3 Å². The standard InChI is InChI=1S/C19H18N2O4S2/c22-26(23)13-3-12-21(26)18-9-7-17(8-10-18)20-27(24,25)19-11-6-15-4-1-2-5-16(15)14-19/h1-2,4-11,14,20H,3,12-13H2. The summed E-state index contributed by atoms with van der Waals surface area (Å²) < 4.78 is 53.2. The molecule has 3 aromatic rings. The summed E-state index contributed by atoms with van der Waals surface area (Å²) in [6, 6.07) is 18.9. The lowest BCUT2D eigenvalue weighted by Crippen LogP contribution is -2.25. The molecule has 0 aromatic heterocycles. The Bertz CT molecular complexity index is 1200. The minimum Gasteiger partial charge on any atom is -0.280 e. The molecule has 0 saturated carbocycles. The van der Waals surface area contributed by atoms with Gasteiger partial charge in [0.05, 0.1) is 16.3 Å². The van der Waals surface area contributed by atoms with Crippen molar-refractivity contribution in [2.45, 2.75) is 11.3 Å². The highest BCUT2D eigenvalue weighted by molar-refractivity contribution is 7.93. The van der Waals surface area contributed by atoms with E-state index in [1.807, 2.05) is 24.3 Å². The third kappa shape index (κ3) is 3.50. The van der Waals surface area contributed by atoms with Crippen molar-refractivity contribution in [2.75, 3.05) is 21.3 Å². The first kappa shape index (κ1) is 17.8. The Morgan fingerprint density at radius 3 is 2.26 bits per heavy atom. The van der Waals surface area contributed by atoms with Gasteiger partial charge in [-0.2, -0.15) is 0 Å². The third-order valence-electron chi connectivity index (χ3n) is 4.54. The molecule has 140 valence electrons. The van der Waals surface area contributed by atoms with Crippen molar-refractivity contribution in [3.63, 3.8) is 0 Å². The minimum absolute atomic E-state index is 0.142. The fraction of sp³-hybridized carbons (Fsp3) is 0.158. The second kappa shape index (κ2) is 6.54. The number of benzene rings is 3. The Hall–Kier alpha value is -2.58. The Morgan fingerprint density at radius 2 is 1.59 bits per heavy atom. The van der Waals surface area contributed by atoms with Crippen LogP contribution in [0.2, 0.25) is 0 Å². The van der Waals surface area contributed by atoms with Crippen LogP contribution in [0, 0.1) is 0 Å². The molecule has 0 aliphatic carbocycles. The molecule has 4 rings (SSSR count). The van der Waals surface area contributed by atoms with Gasteiger partial charge in [-0.1, -0.05) is 30.3 Å². The molecule has 3 aromatic carbocycles. The predicted octanol–water partition coefficient (Wildman–Crippen LogP) is 3.18. The van der Waals surface area contributed by atoms with Gasteiger partial charge < -0.3 is 0 Å². The minimum atomic E-state index is -3.74. The van der Waals surface area contributed by atoms with Crippen LogP contribution in [-0.4, -0.2) is 29.1 Å². The van der Waals surface area contributed by atoms with Crippen LogP contribution in [0.5, 0.6) is 0 Å². The summed E-state index contributed by atoms with van der Waals surface area (Å²) in [6.45, 7) is 0.449. The van der Waals surface area contributed by atoms with E-state index in [4.69, 9.17) is 0 Å². The summed E-state index contributed by atoms with van der Waals surface area (Å²) in [7, 11) is -7.00. The van der Waals surface area contributed by atoms with Crippen molar-refractivity contribution in [1.82, 2.24) is 0 Å². The molecule has 0 unspecified atom stereocenters. The highest BCUT2D eigenvalue weighted by Gasteiger charge is 2.28. The number of fused-ring (bicyclic) bond motifs is 1. The molecular weight excluding hydrogens is 384 g/mol. The molecule has 1 aliphatic rings. The Morgan fingerprint density at radius 1 is 0.889 bits per heavy atom. The number of hydrogen-bond acceptors (Lipinski definition) is 4. The van der Waals surface area contributed by atoms with Gasteiger partial charge in [-0.3, -0.25) is 9.03 Å². The van der Waals surface area contributed by atoms with Gasteiger partial charge in [0.2, 0.25) is 10.0 Å². The fourth-order valence-corrected chi connectivity index (χ4v) is 5.83. The largest absolute Gasteiger partial charge is 0.280 e. The Kier molecular flexibility index (Phi) is 4.32. The van der Waals surface area contributed by atoms with Gasteiger partial charge >= 0.3 is 0 Å². The molecular formula is C19H18N2O4S2. The monoisotopic (exact) mass is 402 g/mol. The van der Waals surface area contributed by atoms with Crippen molar-refractivity contribution < 1.29 is 16.8 Å². The Balaban J connectivity index is 1.59. The molecule has 1 fully saturated rings. The zero-order chi connectivity index (χ0) is 19.1. The van der Waals surface area contributed by atoms with Gasteiger partial charge in [0.15, 0.2) is 0 Å². The van der Waals surface area contributed by atoms with Crippen molar-refractivity contribution in [1.29, 1.82) is 0 Å². The molecule has 0 spiro atoms. The second-order valence-corrected chi connectivity index (χ2v) is 10.1. The predicted molar refractivity (Wildman–Crippen MR) is 107 cm³/mol. The molecule has 8 heteroatoms. The molecule has 0 atom stereocenters. The molecule has 0 radical (unpaired) electrons. The number of nitrogens with one attached hydrogen (secondary N) is 1. The van der Waals surface area contributed by atoms with Crippen LogP contribution in [0.25, 0.3) is 10.8 Å². The van der Waals surface area contributed by atoms with Crippen LogP contribution < -0.4 is 9.03 Å². The molecule has 27 heavy (non-hydrogen) atoms. The summed E-state index contributed by atoms with van der Waals surface area (Å²) in [4.78, 5) is 0.174. The lowest BCUT2D eigenvalue weighted by Gasteiger charge is -2.17.